The Kier molecular flexibility index (Phi) is 4.79. The number of thiophene rings is 1. The monoisotopic (exact) mass is 411 g/mol. The Bertz CT molecular complexity index is 1070. The number of benzene rings is 2. The van der Waals surface area contributed by atoms with E-state index in [1.54, 1.807) is 31.4 Å². The summed E-state index contributed by atoms with van der Waals surface area (Å²) in [6.07, 6.45) is 0. The predicted octanol–water partition coefficient (Wildman–Crippen LogP) is 3.99. The molecule has 150 valence electrons. The van der Waals surface area contributed by atoms with Crippen molar-refractivity contribution in [1.29, 1.82) is 0 Å². The van der Waals surface area contributed by atoms with E-state index >= 15 is 0 Å². The van der Waals surface area contributed by atoms with E-state index in [0.29, 0.717) is 27.8 Å². The highest BCUT2D eigenvalue weighted by Crippen LogP contribution is 2.32. The Morgan fingerprint density at radius 2 is 1.93 bits per heavy atom. The Labute approximate surface area is 172 Å². The van der Waals surface area contributed by atoms with Crippen LogP contribution in [0.2, 0.25) is 0 Å². The summed E-state index contributed by atoms with van der Waals surface area (Å²) in [4.78, 5) is 19.2. The summed E-state index contributed by atoms with van der Waals surface area (Å²) in [6, 6.07) is 15.2. The van der Waals surface area contributed by atoms with Gasteiger partial charge in [-0.3, -0.25) is 10.2 Å². The van der Waals surface area contributed by atoms with Gasteiger partial charge in [0.15, 0.2) is 0 Å². The molecule has 1 aliphatic rings. The summed E-state index contributed by atoms with van der Waals surface area (Å²) in [6.45, 7) is 3.65. The number of rotatable bonds is 5. The highest BCUT2D eigenvalue weighted by Gasteiger charge is 2.41. The van der Waals surface area contributed by atoms with Crippen LogP contribution in [0.4, 0.5) is 0 Å². The van der Waals surface area contributed by atoms with Crippen molar-refractivity contribution < 1.29 is 19.1 Å². The molecule has 0 aliphatic carbocycles. The van der Waals surface area contributed by atoms with Gasteiger partial charge >= 0.3 is 0 Å². The summed E-state index contributed by atoms with van der Waals surface area (Å²) in [7, 11) is 3.16. The maximum Gasteiger partial charge on any atom is 0.280 e. The molecule has 0 unspecified atom stereocenters. The minimum absolute atomic E-state index is 0.232. The van der Waals surface area contributed by atoms with Crippen LogP contribution in [0, 0.1) is 0 Å². The Morgan fingerprint density at radius 3 is 2.66 bits per heavy atom. The molecule has 1 aromatic heterocycles. The average molecular weight is 411 g/mol. The summed E-state index contributed by atoms with van der Waals surface area (Å²) in [5.74, 6) is 1.43. The zero-order chi connectivity index (χ0) is 20.6. The molecular formula is C21H21N3O4S. The molecule has 0 spiro atoms. The number of carbonyl (C=O) groups excluding carboxylic acids is 1. The number of fused-ring (bicyclic) bond motifs is 1. The van der Waals surface area contributed by atoms with E-state index in [2.05, 4.69) is 10.6 Å². The van der Waals surface area contributed by atoms with E-state index in [1.807, 2.05) is 50.2 Å². The first kappa shape index (κ1) is 19.1. The fraction of sp³-hybridized carbons (Fsp3) is 0.238. The van der Waals surface area contributed by atoms with Crippen molar-refractivity contribution >= 4 is 33.2 Å². The number of hydrazine groups is 1. The minimum Gasteiger partial charge on any atom is -0.497 e. The maximum absolute atomic E-state index is 13.0. The molecule has 0 fully saturated rings. The van der Waals surface area contributed by atoms with Crippen LogP contribution in [0.15, 0.2) is 53.7 Å². The first-order valence-electron chi connectivity index (χ1n) is 9.01. The van der Waals surface area contributed by atoms with Crippen LogP contribution in [0.25, 0.3) is 10.1 Å². The van der Waals surface area contributed by atoms with Crippen LogP contribution in [-0.2, 0) is 4.84 Å². The van der Waals surface area contributed by atoms with E-state index in [0.717, 1.165) is 10.1 Å². The Balaban J connectivity index is 1.65. The van der Waals surface area contributed by atoms with Gasteiger partial charge < -0.3 is 14.3 Å². The molecule has 0 saturated heterocycles. The van der Waals surface area contributed by atoms with Crippen molar-refractivity contribution in [3.8, 4) is 11.5 Å². The molecular weight excluding hydrogens is 390 g/mol. The van der Waals surface area contributed by atoms with Gasteiger partial charge in [-0.15, -0.1) is 11.3 Å². The number of nitrogens with zero attached hydrogens (tertiary/aromatic N) is 2. The minimum atomic E-state index is -0.868. The van der Waals surface area contributed by atoms with Crippen LogP contribution in [0.1, 0.15) is 29.1 Å². The highest BCUT2D eigenvalue weighted by atomic mass is 32.1. The summed E-state index contributed by atoms with van der Waals surface area (Å²) >= 11 is 1.44. The number of hydrogen-bond donors (Lipinski definition) is 1. The Hall–Kier alpha value is -3.26. The molecule has 0 bridgehead atoms. The summed E-state index contributed by atoms with van der Waals surface area (Å²) < 4.78 is 11.8. The quantitative estimate of drug-likeness (QED) is 0.687. The van der Waals surface area contributed by atoms with E-state index < -0.39 is 5.72 Å². The molecule has 1 amide bonds. The molecule has 0 saturated carbocycles. The SMILES string of the molecule is COc1ccc(C2=NOC(C)(C)N2NC(=O)c2cc3ccccc3s2)c(OC)c1. The standard InChI is InChI=1S/C21H21N3O4S/c1-21(2)24(22-20(25)18-11-13-7-5-6-8-17(13)29-18)19(23-28-21)15-10-9-14(26-3)12-16(15)27-4/h5-12H,1-4H3,(H,22,25). The first-order valence-corrected chi connectivity index (χ1v) is 9.83. The smallest absolute Gasteiger partial charge is 0.280 e. The second-order valence-corrected chi connectivity index (χ2v) is 8.03. The van der Waals surface area contributed by atoms with Crippen molar-refractivity contribution in [2.45, 2.75) is 19.6 Å². The number of amides is 1. The molecule has 1 N–H and O–H groups in total. The van der Waals surface area contributed by atoms with Crippen LogP contribution >= 0.6 is 11.3 Å². The molecule has 0 atom stereocenters. The normalized spacial score (nSPS) is 15.0. The highest BCUT2D eigenvalue weighted by molar-refractivity contribution is 7.20. The van der Waals surface area contributed by atoms with Crippen LogP contribution in [0.5, 0.6) is 11.5 Å². The summed E-state index contributed by atoms with van der Waals surface area (Å²) in [5, 5.41) is 6.85. The molecule has 7 nitrogen and oxygen atoms in total. The van der Waals surface area contributed by atoms with Crippen LogP contribution in [-0.4, -0.2) is 36.7 Å². The number of amidine groups is 1. The van der Waals surface area contributed by atoms with E-state index in [-0.39, 0.29) is 5.91 Å². The van der Waals surface area contributed by atoms with Crippen LogP contribution in [0.3, 0.4) is 0 Å². The van der Waals surface area contributed by atoms with E-state index in [9.17, 15) is 4.79 Å². The van der Waals surface area contributed by atoms with Gasteiger partial charge in [-0.05, 0) is 43.5 Å². The average Bonchev–Trinajstić information content (AvgIpc) is 3.28. The number of methoxy groups -OCH3 is 2. The topological polar surface area (TPSA) is 72.4 Å². The lowest BCUT2D eigenvalue weighted by molar-refractivity contribution is -0.0823. The number of nitrogens with one attached hydrogen (secondary N) is 1. The lowest BCUT2D eigenvalue weighted by Gasteiger charge is -2.31. The second kappa shape index (κ2) is 7.29. The predicted molar refractivity (Wildman–Crippen MR) is 112 cm³/mol. The third kappa shape index (κ3) is 3.47. The zero-order valence-corrected chi connectivity index (χ0v) is 17.4. The van der Waals surface area contributed by atoms with E-state index in [4.69, 9.17) is 14.3 Å². The molecule has 0 radical (unpaired) electrons. The zero-order valence-electron chi connectivity index (χ0n) is 16.6. The third-order valence-corrected chi connectivity index (χ3v) is 5.73. The molecule has 1 aliphatic heterocycles. The molecule has 2 heterocycles. The third-order valence-electron chi connectivity index (χ3n) is 4.62. The van der Waals surface area contributed by atoms with Gasteiger partial charge in [0.1, 0.15) is 11.5 Å². The molecule has 4 rings (SSSR count). The molecule has 3 aromatic rings. The van der Waals surface area contributed by atoms with Crippen LogP contribution < -0.4 is 14.9 Å². The number of oxime groups is 1. The number of ether oxygens (including phenoxy) is 2. The molecule has 8 heteroatoms. The van der Waals surface area contributed by atoms with Gasteiger partial charge in [-0.25, -0.2) is 5.01 Å². The van der Waals surface area contributed by atoms with Crippen molar-refractivity contribution in [3.05, 3.63) is 59.0 Å². The number of hydrogen-bond acceptors (Lipinski definition) is 7. The van der Waals surface area contributed by atoms with Gasteiger partial charge in [0.25, 0.3) is 5.91 Å². The van der Waals surface area contributed by atoms with Crippen molar-refractivity contribution in [3.63, 3.8) is 0 Å². The first-order chi connectivity index (χ1) is 13.9. The van der Waals surface area contributed by atoms with Crippen molar-refractivity contribution in [1.82, 2.24) is 10.4 Å². The lowest BCUT2D eigenvalue weighted by atomic mass is 10.1. The van der Waals surface area contributed by atoms with Gasteiger partial charge in [0.05, 0.1) is 24.7 Å². The maximum atomic E-state index is 13.0. The van der Waals surface area contributed by atoms with Crippen molar-refractivity contribution in [2.75, 3.05) is 14.2 Å². The molecule has 2 aromatic carbocycles. The largest absolute Gasteiger partial charge is 0.497 e. The Morgan fingerprint density at radius 1 is 1.14 bits per heavy atom. The van der Waals surface area contributed by atoms with Gasteiger partial charge in [-0.2, -0.15) is 0 Å². The van der Waals surface area contributed by atoms with Gasteiger partial charge in [-0.1, -0.05) is 23.4 Å². The summed E-state index contributed by atoms with van der Waals surface area (Å²) in [5.41, 5.74) is 2.75. The van der Waals surface area contributed by atoms with Crippen molar-refractivity contribution in [2.24, 2.45) is 5.16 Å². The van der Waals surface area contributed by atoms with Gasteiger partial charge in [0.2, 0.25) is 11.6 Å². The van der Waals surface area contributed by atoms with E-state index in [1.165, 1.54) is 11.3 Å². The lowest BCUT2D eigenvalue weighted by Crippen LogP contribution is -2.54. The number of carbonyl (C=O) groups is 1. The molecule has 29 heavy (non-hydrogen) atoms. The second-order valence-electron chi connectivity index (χ2n) is 6.94. The fourth-order valence-corrected chi connectivity index (χ4v) is 4.04. The van der Waals surface area contributed by atoms with Gasteiger partial charge in [0, 0.05) is 10.8 Å². The fourth-order valence-electron chi connectivity index (χ4n) is 3.08.